The van der Waals surface area contributed by atoms with Gasteiger partial charge in [0.15, 0.2) is 0 Å². The Morgan fingerprint density at radius 2 is 1.56 bits per heavy atom. The molecule has 0 aliphatic carbocycles. The predicted octanol–water partition coefficient (Wildman–Crippen LogP) is 5.84. The summed E-state index contributed by atoms with van der Waals surface area (Å²) < 4.78 is 0. The molecule has 4 nitrogen and oxygen atoms in total. The second kappa shape index (κ2) is 13.2. The maximum atomic E-state index is 13.6. The third kappa shape index (κ3) is 8.23. The van der Waals surface area contributed by atoms with Crippen molar-refractivity contribution in [1.29, 1.82) is 0 Å². The first kappa shape index (κ1) is 25.9. The summed E-state index contributed by atoms with van der Waals surface area (Å²) in [5.41, 5.74) is 1.90. The van der Waals surface area contributed by atoms with Gasteiger partial charge in [0.05, 0.1) is 5.75 Å². The summed E-state index contributed by atoms with van der Waals surface area (Å²) in [5, 5.41) is 3.65. The normalized spacial score (nSPS) is 11.8. The lowest BCUT2D eigenvalue weighted by molar-refractivity contribution is -0.139. The highest BCUT2D eigenvalue weighted by molar-refractivity contribution is 8.00. The molecule has 0 fully saturated rings. The quantitative estimate of drug-likeness (QED) is 0.340. The van der Waals surface area contributed by atoms with Gasteiger partial charge in [0.1, 0.15) is 6.04 Å². The smallest absolute Gasteiger partial charge is 0.243 e. The van der Waals surface area contributed by atoms with Crippen LogP contribution in [0.1, 0.15) is 25.0 Å². The first-order valence-corrected chi connectivity index (χ1v) is 12.8. The molecule has 3 aromatic rings. The Morgan fingerprint density at radius 3 is 2.21 bits per heavy atom. The Hall–Kier alpha value is -2.76. The average Bonchev–Trinajstić information content (AvgIpc) is 2.84. The highest BCUT2D eigenvalue weighted by Crippen LogP contribution is 2.22. The number of halogens is 1. The zero-order chi connectivity index (χ0) is 24.3. The summed E-state index contributed by atoms with van der Waals surface area (Å²) in [6.45, 7) is 4.97. The van der Waals surface area contributed by atoms with E-state index in [2.05, 4.69) is 19.2 Å². The molecule has 178 valence electrons. The van der Waals surface area contributed by atoms with Crippen LogP contribution < -0.4 is 5.32 Å². The van der Waals surface area contributed by atoms with E-state index < -0.39 is 6.04 Å². The first-order valence-electron chi connectivity index (χ1n) is 11.5. The van der Waals surface area contributed by atoms with Crippen LogP contribution in [0.3, 0.4) is 0 Å². The molecular weight excluding hydrogens is 464 g/mol. The van der Waals surface area contributed by atoms with Gasteiger partial charge in [-0.3, -0.25) is 9.59 Å². The molecule has 0 bridgehead atoms. The van der Waals surface area contributed by atoms with E-state index in [1.54, 1.807) is 11.0 Å². The van der Waals surface area contributed by atoms with Crippen molar-refractivity contribution < 1.29 is 9.59 Å². The first-order chi connectivity index (χ1) is 16.4. The number of hydrogen-bond donors (Lipinski definition) is 1. The van der Waals surface area contributed by atoms with Gasteiger partial charge >= 0.3 is 0 Å². The van der Waals surface area contributed by atoms with Crippen LogP contribution in [-0.2, 0) is 22.6 Å². The minimum Gasteiger partial charge on any atom is -0.354 e. The molecule has 0 aliphatic rings. The fraction of sp³-hybridized carbons (Fsp3) is 0.286. The molecule has 1 atom stereocenters. The maximum absolute atomic E-state index is 13.6. The van der Waals surface area contributed by atoms with Gasteiger partial charge in [-0.2, -0.15) is 0 Å². The maximum Gasteiger partial charge on any atom is 0.243 e. The lowest BCUT2D eigenvalue weighted by Gasteiger charge is -2.32. The average molecular weight is 495 g/mol. The summed E-state index contributed by atoms with van der Waals surface area (Å²) in [4.78, 5) is 29.7. The zero-order valence-electron chi connectivity index (χ0n) is 19.6. The van der Waals surface area contributed by atoms with Gasteiger partial charge in [0, 0.05) is 29.4 Å². The van der Waals surface area contributed by atoms with E-state index in [9.17, 15) is 9.59 Å². The third-order valence-corrected chi connectivity index (χ3v) is 6.53. The number of nitrogens with zero attached hydrogens (tertiary/aromatic N) is 1. The molecule has 0 heterocycles. The van der Waals surface area contributed by atoms with Crippen molar-refractivity contribution in [2.24, 2.45) is 5.92 Å². The van der Waals surface area contributed by atoms with Crippen LogP contribution in [0.4, 0.5) is 0 Å². The Morgan fingerprint density at radius 1 is 0.912 bits per heavy atom. The minimum absolute atomic E-state index is 0.0885. The van der Waals surface area contributed by atoms with Crippen LogP contribution in [0.2, 0.25) is 5.02 Å². The number of rotatable bonds is 11. The standard InChI is InChI=1S/C28H31ClN2O2S/c1-21(2)18-30-28(33)26(17-22-10-5-3-6-11-22)31(19-23-12-9-13-24(29)16-23)27(32)20-34-25-14-7-4-8-15-25/h3-16,21,26H,17-20H2,1-2H3,(H,30,33). The molecule has 3 rings (SSSR count). The van der Waals surface area contributed by atoms with Gasteiger partial charge in [0.25, 0.3) is 0 Å². The molecule has 0 spiro atoms. The van der Waals surface area contributed by atoms with E-state index in [0.29, 0.717) is 30.5 Å². The predicted molar refractivity (Wildman–Crippen MR) is 141 cm³/mol. The summed E-state index contributed by atoms with van der Waals surface area (Å²) in [6.07, 6.45) is 0.438. The number of carbonyl (C=O) groups is 2. The molecule has 6 heteroatoms. The second-order valence-electron chi connectivity index (χ2n) is 8.60. The van der Waals surface area contributed by atoms with E-state index in [-0.39, 0.29) is 17.6 Å². The van der Waals surface area contributed by atoms with Crippen molar-refractivity contribution in [2.45, 2.75) is 37.8 Å². The van der Waals surface area contributed by atoms with Crippen molar-refractivity contribution in [3.05, 3.63) is 101 Å². The van der Waals surface area contributed by atoms with Crippen molar-refractivity contribution in [1.82, 2.24) is 10.2 Å². The third-order valence-electron chi connectivity index (χ3n) is 5.30. The molecule has 34 heavy (non-hydrogen) atoms. The Balaban J connectivity index is 1.89. The van der Waals surface area contributed by atoms with Crippen LogP contribution in [0, 0.1) is 5.92 Å². The Labute approximate surface area is 211 Å². The van der Waals surface area contributed by atoms with Gasteiger partial charge in [-0.25, -0.2) is 0 Å². The molecule has 1 unspecified atom stereocenters. The molecule has 3 aromatic carbocycles. The molecule has 0 aromatic heterocycles. The summed E-state index contributed by atoms with van der Waals surface area (Å²) >= 11 is 7.69. The lowest BCUT2D eigenvalue weighted by atomic mass is 10.0. The van der Waals surface area contributed by atoms with Gasteiger partial charge in [0.2, 0.25) is 11.8 Å². The van der Waals surface area contributed by atoms with Gasteiger partial charge < -0.3 is 10.2 Å². The monoisotopic (exact) mass is 494 g/mol. The molecular formula is C28H31ClN2O2S. The number of nitrogens with one attached hydrogen (secondary N) is 1. The fourth-order valence-corrected chi connectivity index (χ4v) is 4.57. The lowest BCUT2D eigenvalue weighted by Crippen LogP contribution is -2.51. The number of amides is 2. The molecule has 2 amide bonds. The summed E-state index contributed by atoms with van der Waals surface area (Å²) in [7, 11) is 0. The molecule has 0 radical (unpaired) electrons. The van der Waals surface area contributed by atoms with Crippen molar-refractivity contribution in [2.75, 3.05) is 12.3 Å². The van der Waals surface area contributed by atoms with Crippen LogP contribution in [-0.4, -0.2) is 35.1 Å². The van der Waals surface area contributed by atoms with E-state index >= 15 is 0 Å². The largest absolute Gasteiger partial charge is 0.354 e. The zero-order valence-corrected chi connectivity index (χ0v) is 21.2. The summed E-state index contributed by atoms with van der Waals surface area (Å²) in [5.74, 6) is 0.326. The molecule has 0 aliphatic heterocycles. The Bertz CT molecular complexity index is 1060. The van der Waals surface area contributed by atoms with Gasteiger partial charge in [-0.05, 0) is 41.3 Å². The highest BCUT2D eigenvalue weighted by Gasteiger charge is 2.30. The number of carbonyl (C=O) groups excluding carboxylic acids is 2. The van der Waals surface area contributed by atoms with Crippen molar-refractivity contribution in [3.63, 3.8) is 0 Å². The van der Waals surface area contributed by atoms with Crippen LogP contribution in [0.25, 0.3) is 0 Å². The number of thioether (sulfide) groups is 1. The van der Waals surface area contributed by atoms with Crippen LogP contribution in [0.15, 0.2) is 89.8 Å². The fourth-order valence-electron chi connectivity index (χ4n) is 3.55. The summed E-state index contributed by atoms with van der Waals surface area (Å²) in [6, 6.07) is 26.5. The van der Waals surface area contributed by atoms with Crippen molar-refractivity contribution >= 4 is 35.2 Å². The van der Waals surface area contributed by atoms with E-state index in [4.69, 9.17) is 11.6 Å². The minimum atomic E-state index is -0.635. The van der Waals surface area contributed by atoms with Crippen LogP contribution in [0.5, 0.6) is 0 Å². The van der Waals surface area contributed by atoms with Gasteiger partial charge in [-0.1, -0.05) is 86.1 Å². The number of benzene rings is 3. The number of hydrogen-bond acceptors (Lipinski definition) is 3. The topological polar surface area (TPSA) is 49.4 Å². The highest BCUT2D eigenvalue weighted by atomic mass is 35.5. The SMILES string of the molecule is CC(C)CNC(=O)C(Cc1ccccc1)N(Cc1cccc(Cl)c1)C(=O)CSc1ccccc1. The molecule has 0 saturated carbocycles. The van der Waals surface area contributed by atoms with E-state index in [1.807, 2.05) is 78.9 Å². The molecule has 0 saturated heterocycles. The van der Waals surface area contributed by atoms with E-state index in [0.717, 1.165) is 16.0 Å². The molecule has 1 N–H and O–H groups in total. The van der Waals surface area contributed by atoms with Gasteiger partial charge in [-0.15, -0.1) is 11.8 Å². The second-order valence-corrected chi connectivity index (χ2v) is 10.1. The van der Waals surface area contributed by atoms with Crippen molar-refractivity contribution in [3.8, 4) is 0 Å². The van der Waals surface area contributed by atoms with Crippen LogP contribution >= 0.6 is 23.4 Å². The Kier molecular flexibility index (Phi) is 10.0. The van der Waals surface area contributed by atoms with E-state index in [1.165, 1.54) is 11.8 Å².